The van der Waals surface area contributed by atoms with Gasteiger partial charge in [0.1, 0.15) is 5.75 Å². The normalized spacial score (nSPS) is 12.7. The second-order valence-corrected chi connectivity index (χ2v) is 4.02. The average Bonchev–Trinajstić information content (AvgIpc) is 2.17. The molecule has 1 rings (SSSR count). The molecule has 0 radical (unpaired) electrons. The highest BCUT2D eigenvalue weighted by Crippen LogP contribution is 2.20. The van der Waals surface area contributed by atoms with Gasteiger partial charge in [-0.1, -0.05) is 11.6 Å². The lowest BCUT2D eigenvalue weighted by Gasteiger charge is -2.08. The van der Waals surface area contributed by atoms with Gasteiger partial charge in [0.25, 0.3) is 0 Å². The predicted molar refractivity (Wildman–Crippen MR) is 61.1 cm³/mol. The first-order chi connectivity index (χ1) is 7.09. The van der Waals surface area contributed by atoms with Crippen LogP contribution in [-0.4, -0.2) is 22.9 Å². The molecule has 0 saturated carbocycles. The van der Waals surface area contributed by atoms with Crippen LogP contribution in [0.3, 0.4) is 0 Å². The summed E-state index contributed by atoms with van der Waals surface area (Å²) in [6, 6.07) is 4.95. The zero-order valence-corrected chi connectivity index (χ0v) is 9.46. The molecule has 0 aliphatic rings. The summed E-state index contributed by atoms with van der Waals surface area (Å²) >= 11 is 5.80. The molecular weight excluding hydrogens is 214 g/mol. The maximum atomic E-state index is 9.50. The molecule has 1 aromatic carbocycles. The molecule has 0 fully saturated rings. The first-order valence-electron chi connectivity index (χ1n) is 4.96. The van der Waals surface area contributed by atoms with Crippen molar-refractivity contribution < 1.29 is 10.2 Å². The number of aliphatic hydroxyl groups is 1. The van der Waals surface area contributed by atoms with Gasteiger partial charge in [-0.25, -0.2) is 0 Å². The van der Waals surface area contributed by atoms with Crippen molar-refractivity contribution >= 4 is 11.6 Å². The van der Waals surface area contributed by atoms with E-state index in [4.69, 9.17) is 16.7 Å². The summed E-state index contributed by atoms with van der Waals surface area (Å²) in [6.07, 6.45) is 0.395. The second-order valence-electron chi connectivity index (χ2n) is 3.59. The van der Waals surface area contributed by atoms with Crippen molar-refractivity contribution in [2.45, 2.75) is 26.0 Å². The number of halogens is 1. The van der Waals surface area contributed by atoms with Crippen LogP contribution in [0.25, 0.3) is 0 Å². The van der Waals surface area contributed by atoms with Gasteiger partial charge in [0.15, 0.2) is 0 Å². The number of hydrogen-bond acceptors (Lipinski definition) is 3. The van der Waals surface area contributed by atoms with E-state index < -0.39 is 0 Å². The fourth-order valence-electron chi connectivity index (χ4n) is 1.23. The van der Waals surface area contributed by atoms with Crippen molar-refractivity contribution in [1.29, 1.82) is 0 Å². The number of aromatic hydroxyl groups is 1. The van der Waals surface area contributed by atoms with E-state index in [1.54, 1.807) is 25.1 Å². The summed E-state index contributed by atoms with van der Waals surface area (Å²) < 4.78 is 0. The maximum absolute atomic E-state index is 9.50. The van der Waals surface area contributed by atoms with Gasteiger partial charge in [0, 0.05) is 17.1 Å². The average molecular weight is 230 g/mol. The monoisotopic (exact) mass is 229 g/mol. The summed E-state index contributed by atoms with van der Waals surface area (Å²) in [5, 5.41) is 22.3. The van der Waals surface area contributed by atoms with E-state index in [1.165, 1.54) is 0 Å². The van der Waals surface area contributed by atoms with Gasteiger partial charge in [-0.2, -0.15) is 0 Å². The van der Waals surface area contributed by atoms with Crippen LogP contribution in [0.1, 0.15) is 18.9 Å². The van der Waals surface area contributed by atoms with Crippen LogP contribution in [0, 0.1) is 0 Å². The van der Waals surface area contributed by atoms with Crippen LogP contribution in [0.5, 0.6) is 5.75 Å². The number of nitrogens with one attached hydrogen (secondary N) is 1. The lowest BCUT2D eigenvalue weighted by atomic mass is 10.2. The van der Waals surface area contributed by atoms with Crippen LogP contribution in [-0.2, 0) is 6.54 Å². The minimum atomic E-state index is -0.301. The first kappa shape index (κ1) is 12.3. The molecule has 1 aromatic rings. The number of hydrogen-bond donors (Lipinski definition) is 3. The Kier molecular flexibility index (Phi) is 4.88. The quantitative estimate of drug-likeness (QED) is 0.676. The van der Waals surface area contributed by atoms with Crippen molar-refractivity contribution in [1.82, 2.24) is 5.32 Å². The van der Waals surface area contributed by atoms with Crippen molar-refractivity contribution in [2.75, 3.05) is 6.54 Å². The third kappa shape index (κ3) is 4.51. The van der Waals surface area contributed by atoms with Crippen LogP contribution in [0.4, 0.5) is 0 Å². The molecule has 3 N–H and O–H groups in total. The number of phenolic OH excluding ortho intramolecular Hbond substituents is 1. The van der Waals surface area contributed by atoms with Crippen LogP contribution >= 0.6 is 11.6 Å². The van der Waals surface area contributed by atoms with E-state index in [9.17, 15) is 5.11 Å². The highest BCUT2D eigenvalue weighted by atomic mass is 35.5. The van der Waals surface area contributed by atoms with E-state index in [2.05, 4.69) is 5.32 Å². The topological polar surface area (TPSA) is 52.5 Å². The Hall–Kier alpha value is -0.770. The smallest absolute Gasteiger partial charge is 0.120 e. The Morgan fingerprint density at radius 2 is 2.20 bits per heavy atom. The van der Waals surface area contributed by atoms with Gasteiger partial charge in [-0.3, -0.25) is 0 Å². The Labute approximate surface area is 94.7 Å². The minimum Gasteiger partial charge on any atom is -0.508 e. The molecule has 0 aliphatic carbocycles. The molecule has 3 nitrogen and oxygen atoms in total. The Morgan fingerprint density at radius 3 is 2.87 bits per heavy atom. The predicted octanol–water partition coefficient (Wildman–Crippen LogP) is 1.91. The second kappa shape index (κ2) is 5.95. The molecule has 0 aliphatic heterocycles. The van der Waals surface area contributed by atoms with E-state index in [0.29, 0.717) is 24.5 Å². The molecule has 0 unspecified atom stereocenters. The molecule has 84 valence electrons. The van der Waals surface area contributed by atoms with E-state index in [1.807, 2.05) is 0 Å². The molecule has 0 saturated heterocycles. The summed E-state index contributed by atoms with van der Waals surface area (Å²) in [5.41, 5.74) is 0.771. The van der Waals surface area contributed by atoms with Crippen molar-refractivity contribution in [2.24, 2.45) is 0 Å². The van der Waals surface area contributed by atoms with Gasteiger partial charge >= 0.3 is 0 Å². The molecule has 0 bridgehead atoms. The van der Waals surface area contributed by atoms with Crippen molar-refractivity contribution in [3.63, 3.8) is 0 Å². The SMILES string of the molecule is C[C@@H](O)CCNCc1cc(Cl)ccc1O. The molecule has 1 atom stereocenters. The van der Waals surface area contributed by atoms with Gasteiger partial charge < -0.3 is 15.5 Å². The van der Waals surface area contributed by atoms with E-state index >= 15 is 0 Å². The molecule has 4 heteroatoms. The molecule has 0 heterocycles. The van der Waals surface area contributed by atoms with Crippen molar-refractivity contribution in [3.05, 3.63) is 28.8 Å². The third-order valence-corrected chi connectivity index (χ3v) is 2.33. The molecule has 0 spiro atoms. The largest absolute Gasteiger partial charge is 0.508 e. The summed E-state index contributed by atoms with van der Waals surface area (Å²) in [4.78, 5) is 0. The zero-order chi connectivity index (χ0) is 11.3. The van der Waals surface area contributed by atoms with Crippen LogP contribution in [0.15, 0.2) is 18.2 Å². The fraction of sp³-hybridized carbons (Fsp3) is 0.455. The number of benzene rings is 1. The molecular formula is C11H16ClNO2. The highest BCUT2D eigenvalue weighted by molar-refractivity contribution is 6.30. The van der Waals surface area contributed by atoms with Crippen molar-refractivity contribution in [3.8, 4) is 5.75 Å². The maximum Gasteiger partial charge on any atom is 0.120 e. The minimum absolute atomic E-state index is 0.240. The van der Waals surface area contributed by atoms with Gasteiger partial charge in [0.2, 0.25) is 0 Å². The summed E-state index contributed by atoms with van der Waals surface area (Å²) in [7, 11) is 0. The summed E-state index contributed by atoms with van der Waals surface area (Å²) in [5.74, 6) is 0.240. The molecule has 15 heavy (non-hydrogen) atoms. The molecule has 0 aromatic heterocycles. The Morgan fingerprint density at radius 1 is 1.47 bits per heavy atom. The van der Waals surface area contributed by atoms with E-state index in [-0.39, 0.29) is 11.9 Å². The standard InChI is InChI=1S/C11H16ClNO2/c1-8(14)4-5-13-7-9-6-10(12)2-3-11(9)15/h2-3,6,8,13-15H,4-5,7H2,1H3/t8-/m1/s1. The fourth-order valence-corrected chi connectivity index (χ4v) is 1.42. The Bertz CT molecular complexity index is 315. The zero-order valence-electron chi connectivity index (χ0n) is 8.70. The lowest BCUT2D eigenvalue weighted by Crippen LogP contribution is -2.18. The van der Waals surface area contributed by atoms with Crippen LogP contribution < -0.4 is 5.32 Å². The number of phenols is 1. The highest BCUT2D eigenvalue weighted by Gasteiger charge is 2.01. The number of aliphatic hydroxyl groups excluding tert-OH is 1. The lowest BCUT2D eigenvalue weighted by molar-refractivity contribution is 0.183. The Balaban J connectivity index is 2.40. The number of rotatable bonds is 5. The third-order valence-electron chi connectivity index (χ3n) is 2.10. The van der Waals surface area contributed by atoms with Gasteiger partial charge in [0.05, 0.1) is 6.10 Å². The first-order valence-corrected chi connectivity index (χ1v) is 5.33. The van der Waals surface area contributed by atoms with Crippen LogP contribution in [0.2, 0.25) is 5.02 Å². The van der Waals surface area contributed by atoms with Gasteiger partial charge in [-0.05, 0) is 38.1 Å². The van der Waals surface area contributed by atoms with E-state index in [0.717, 1.165) is 5.56 Å². The van der Waals surface area contributed by atoms with Gasteiger partial charge in [-0.15, -0.1) is 0 Å². The molecule has 0 amide bonds. The summed E-state index contributed by atoms with van der Waals surface area (Å²) in [6.45, 7) is 3.02.